The van der Waals surface area contributed by atoms with Gasteiger partial charge in [-0.3, -0.25) is 4.79 Å². The van der Waals surface area contributed by atoms with Gasteiger partial charge in [-0.1, -0.05) is 11.6 Å². The number of aromatic nitrogens is 2. The predicted octanol–water partition coefficient (Wildman–Crippen LogP) is 2.53. The van der Waals surface area contributed by atoms with Crippen molar-refractivity contribution in [2.45, 2.75) is 43.9 Å². The summed E-state index contributed by atoms with van der Waals surface area (Å²) in [6.45, 7) is 1.48. The molecule has 0 radical (unpaired) electrons. The Kier molecular flexibility index (Phi) is 7.37. The molecule has 1 amide bonds. The molecule has 0 unspecified atom stereocenters. The Balaban J connectivity index is 1.25. The van der Waals surface area contributed by atoms with Crippen molar-refractivity contribution >= 4 is 29.6 Å². The number of carbonyl (C=O) groups is 2. The number of aldehydes is 1. The molecule has 1 aromatic carbocycles. The predicted molar refractivity (Wildman–Crippen MR) is 120 cm³/mol. The van der Waals surface area contributed by atoms with Gasteiger partial charge < -0.3 is 24.5 Å². The topological polar surface area (TPSA) is 117 Å². The first-order valence-electron chi connectivity index (χ1n) is 10.9. The molecule has 33 heavy (non-hydrogen) atoms. The Morgan fingerprint density at radius 1 is 1.24 bits per heavy atom. The monoisotopic (exact) mass is 469 g/mol. The van der Waals surface area contributed by atoms with Crippen LogP contribution in [0.4, 0.5) is 5.82 Å². The maximum Gasteiger partial charge on any atom is 0.272 e. The van der Waals surface area contributed by atoms with Gasteiger partial charge in [0.25, 0.3) is 5.91 Å². The fourth-order valence-corrected chi connectivity index (χ4v) is 4.23. The number of nitrogens with zero attached hydrogens (tertiary/aromatic N) is 4. The first kappa shape index (κ1) is 23.0. The molecule has 0 spiro atoms. The number of carbonyl (C=O) groups excluding carboxylic acids is 2. The summed E-state index contributed by atoms with van der Waals surface area (Å²) in [5.74, 6) is 0.994. The van der Waals surface area contributed by atoms with Gasteiger partial charge in [0.05, 0.1) is 29.8 Å². The number of morpholine rings is 1. The number of rotatable bonds is 6. The van der Waals surface area contributed by atoms with Gasteiger partial charge in [-0.25, -0.2) is 0 Å². The second kappa shape index (κ2) is 10.6. The third-order valence-corrected chi connectivity index (χ3v) is 6.14. The van der Waals surface area contributed by atoms with Crippen LogP contribution in [0.2, 0.25) is 5.02 Å². The van der Waals surface area contributed by atoms with Crippen LogP contribution in [0.3, 0.4) is 0 Å². The molecule has 1 aliphatic heterocycles. The van der Waals surface area contributed by atoms with E-state index in [1.54, 1.807) is 30.3 Å². The molecule has 2 heterocycles. The van der Waals surface area contributed by atoms with Crippen LogP contribution < -0.4 is 15.0 Å². The van der Waals surface area contributed by atoms with E-state index >= 15 is 0 Å². The molecule has 4 rings (SSSR count). The number of hydrogen-bond donors (Lipinski definition) is 1. The fourth-order valence-electron chi connectivity index (χ4n) is 4.02. The van der Waals surface area contributed by atoms with Gasteiger partial charge in [0, 0.05) is 18.7 Å². The number of amides is 1. The van der Waals surface area contributed by atoms with Crippen molar-refractivity contribution in [1.82, 2.24) is 15.5 Å². The SMILES string of the molecule is N#Cc1ccc(OC2CCC(NC(=O)c3ccc(N4CCO[C@H](C=O)C4)nn3)CC2)cc1Cl. The number of nitrogens with one attached hydrogen (secondary N) is 1. The van der Waals surface area contributed by atoms with Crippen LogP contribution in [0.15, 0.2) is 30.3 Å². The van der Waals surface area contributed by atoms with Crippen LogP contribution in [0.5, 0.6) is 5.75 Å². The van der Waals surface area contributed by atoms with Gasteiger partial charge in [-0.15, -0.1) is 10.2 Å². The second-order valence-corrected chi connectivity index (χ2v) is 8.49. The molecule has 2 aromatic rings. The lowest BCUT2D eigenvalue weighted by molar-refractivity contribution is -0.118. The minimum absolute atomic E-state index is 0.0324. The Bertz CT molecular complexity index is 1030. The van der Waals surface area contributed by atoms with Gasteiger partial charge in [0.15, 0.2) is 17.8 Å². The van der Waals surface area contributed by atoms with Crippen molar-refractivity contribution in [2.24, 2.45) is 0 Å². The van der Waals surface area contributed by atoms with Crippen LogP contribution in [-0.4, -0.2) is 60.3 Å². The second-order valence-electron chi connectivity index (χ2n) is 8.09. The molecule has 2 aliphatic rings. The molecule has 1 aliphatic carbocycles. The fraction of sp³-hybridized carbons (Fsp3) is 0.435. The molecule has 0 bridgehead atoms. The zero-order valence-corrected chi connectivity index (χ0v) is 18.7. The summed E-state index contributed by atoms with van der Waals surface area (Å²) < 4.78 is 11.3. The van der Waals surface area contributed by atoms with E-state index < -0.39 is 6.10 Å². The first-order valence-corrected chi connectivity index (χ1v) is 11.3. The average Bonchev–Trinajstić information content (AvgIpc) is 2.85. The maximum absolute atomic E-state index is 12.6. The van der Waals surface area contributed by atoms with Crippen LogP contribution in [0, 0.1) is 11.3 Å². The lowest BCUT2D eigenvalue weighted by Gasteiger charge is -2.31. The molecule has 1 saturated heterocycles. The molecule has 1 aromatic heterocycles. The van der Waals surface area contributed by atoms with E-state index in [9.17, 15) is 9.59 Å². The zero-order valence-electron chi connectivity index (χ0n) is 17.9. The van der Waals surface area contributed by atoms with Crippen LogP contribution in [0.25, 0.3) is 0 Å². The minimum Gasteiger partial charge on any atom is -0.490 e. The highest BCUT2D eigenvalue weighted by Crippen LogP contribution is 2.27. The third kappa shape index (κ3) is 5.78. The van der Waals surface area contributed by atoms with E-state index in [-0.39, 0.29) is 23.7 Å². The minimum atomic E-state index is -0.475. The van der Waals surface area contributed by atoms with E-state index in [0.29, 0.717) is 41.8 Å². The molecule has 172 valence electrons. The Labute approximate surface area is 196 Å². The molecule has 2 fully saturated rings. The number of halogens is 1. The van der Waals surface area contributed by atoms with Crippen LogP contribution in [-0.2, 0) is 9.53 Å². The molecule has 1 N–H and O–H groups in total. The highest BCUT2D eigenvalue weighted by molar-refractivity contribution is 6.31. The van der Waals surface area contributed by atoms with Crippen LogP contribution in [0.1, 0.15) is 41.7 Å². The van der Waals surface area contributed by atoms with Crippen molar-refractivity contribution in [1.29, 1.82) is 5.26 Å². The number of benzene rings is 1. The third-order valence-electron chi connectivity index (χ3n) is 5.83. The van der Waals surface area contributed by atoms with Crippen molar-refractivity contribution < 1.29 is 19.1 Å². The molecular formula is C23H24ClN5O4. The molecule has 1 atom stereocenters. The number of nitriles is 1. The van der Waals surface area contributed by atoms with E-state index in [0.717, 1.165) is 32.0 Å². The summed E-state index contributed by atoms with van der Waals surface area (Å²) in [5, 5.41) is 20.6. The molecule has 9 nitrogen and oxygen atoms in total. The summed E-state index contributed by atoms with van der Waals surface area (Å²) >= 11 is 6.07. The summed E-state index contributed by atoms with van der Waals surface area (Å²) in [6, 6.07) is 10.5. The van der Waals surface area contributed by atoms with Crippen molar-refractivity contribution in [3.8, 4) is 11.8 Å². The Hall–Kier alpha value is -3.22. The van der Waals surface area contributed by atoms with Gasteiger partial charge >= 0.3 is 0 Å². The highest BCUT2D eigenvalue weighted by atomic mass is 35.5. The number of hydrogen-bond acceptors (Lipinski definition) is 8. The van der Waals surface area contributed by atoms with Gasteiger partial charge in [-0.2, -0.15) is 5.26 Å². The maximum atomic E-state index is 12.6. The van der Waals surface area contributed by atoms with E-state index in [1.807, 2.05) is 11.0 Å². The standard InChI is InChI=1S/C23H24ClN5O4/c24-20-11-18(4-1-15(20)12-25)33-17-5-2-16(3-6-17)26-23(31)21-7-8-22(28-27-21)29-9-10-32-19(13-29)14-30/h1,4,7-8,11,14,16-17,19H,2-3,5-6,9-10,13H2,(H,26,31)/t16?,17?,19-/m0/s1. The van der Waals surface area contributed by atoms with Crippen molar-refractivity contribution in [2.75, 3.05) is 24.6 Å². The van der Waals surface area contributed by atoms with Crippen LogP contribution >= 0.6 is 11.6 Å². The lowest BCUT2D eigenvalue weighted by Crippen LogP contribution is -2.43. The van der Waals surface area contributed by atoms with Crippen molar-refractivity contribution in [3.05, 3.63) is 46.6 Å². The highest BCUT2D eigenvalue weighted by Gasteiger charge is 2.25. The number of ether oxygens (including phenoxy) is 2. The van der Waals surface area contributed by atoms with E-state index in [1.165, 1.54) is 0 Å². The van der Waals surface area contributed by atoms with Gasteiger partial charge in [0.1, 0.15) is 17.9 Å². The normalized spacial score (nSPS) is 22.8. The number of anilines is 1. The first-order chi connectivity index (χ1) is 16.1. The summed E-state index contributed by atoms with van der Waals surface area (Å²) in [5.41, 5.74) is 0.672. The van der Waals surface area contributed by atoms with E-state index in [2.05, 4.69) is 15.5 Å². The Morgan fingerprint density at radius 2 is 2.06 bits per heavy atom. The molecule has 10 heteroatoms. The van der Waals surface area contributed by atoms with Gasteiger partial charge in [0.2, 0.25) is 0 Å². The Morgan fingerprint density at radius 3 is 2.73 bits per heavy atom. The van der Waals surface area contributed by atoms with Crippen molar-refractivity contribution in [3.63, 3.8) is 0 Å². The quantitative estimate of drug-likeness (QED) is 0.641. The van der Waals surface area contributed by atoms with E-state index in [4.69, 9.17) is 26.3 Å². The molecular weight excluding hydrogens is 446 g/mol. The average molecular weight is 470 g/mol. The molecule has 1 saturated carbocycles. The lowest BCUT2D eigenvalue weighted by atomic mass is 9.93. The largest absolute Gasteiger partial charge is 0.490 e. The summed E-state index contributed by atoms with van der Waals surface area (Å²) in [6.07, 6.45) is 3.49. The van der Waals surface area contributed by atoms with Gasteiger partial charge in [-0.05, 0) is 49.9 Å². The zero-order chi connectivity index (χ0) is 23.2. The summed E-state index contributed by atoms with van der Waals surface area (Å²) in [7, 11) is 0. The summed E-state index contributed by atoms with van der Waals surface area (Å²) in [4.78, 5) is 25.5. The smallest absolute Gasteiger partial charge is 0.272 e.